The van der Waals surface area contributed by atoms with Crippen molar-refractivity contribution in [3.05, 3.63) is 71.6 Å². The lowest BCUT2D eigenvalue weighted by Crippen LogP contribution is -2.28. The molecule has 0 saturated heterocycles. The number of nitrogens with zero attached hydrogens (tertiary/aromatic N) is 1. The molecule has 0 aliphatic heterocycles. The van der Waals surface area contributed by atoms with E-state index in [1.807, 2.05) is 13.8 Å². The molecule has 11 heteroatoms. The molecule has 1 heterocycles. The van der Waals surface area contributed by atoms with Gasteiger partial charge >= 0.3 is 0 Å². The number of benzene rings is 1. The lowest BCUT2D eigenvalue weighted by molar-refractivity contribution is 0.000844. The molecule has 0 spiro atoms. The summed E-state index contributed by atoms with van der Waals surface area (Å²) in [5.41, 5.74) is 2.30. The minimum Gasteiger partial charge on any atom is -0.377 e. The molecule has 1 aromatic heterocycles. The maximum atomic E-state index is 12.6. The summed E-state index contributed by atoms with van der Waals surface area (Å²) in [6.45, 7) is 11.3. The zero-order valence-corrected chi connectivity index (χ0v) is 23.5. The van der Waals surface area contributed by atoms with Gasteiger partial charge < -0.3 is 24.3 Å². The van der Waals surface area contributed by atoms with Crippen LogP contribution in [0, 0.1) is 6.92 Å². The van der Waals surface area contributed by atoms with Crippen LogP contribution in [0.4, 0.5) is 0 Å². The molecule has 0 radical (unpaired) electrons. The fourth-order valence-electron chi connectivity index (χ4n) is 3.20. The molecule has 0 fully saturated rings. The van der Waals surface area contributed by atoms with Crippen molar-refractivity contribution in [2.45, 2.75) is 25.2 Å². The number of ether oxygens (including phenoxy) is 4. The Balaban J connectivity index is 1.60. The topological polar surface area (TPSA) is 130 Å². The van der Waals surface area contributed by atoms with Gasteiger partial charge in [-0.05, 0) is 32.0 Å². The molecule has 1 N–H and O–H groups in total. The summed E-state index contributed by atoms with van der Waals surface area (Å²) >= 11 is 0. The monoisotopic (exact) mass is 562 g/mol. The Hall–Kier alpha value is -2.96. The van der Waals surface area contributed by atoms with Gasteiger partial charge in [0, 0.05) is 30.9 Å². The predicted molar refractivity (Wildman–Crippen MR) is 147 cm³/mol. The summed E-state index contributed by atoms with van der Waals surface area (Å²) in [6, 6.07) is 7.88. The van der Waals surface area contributed by atoms with Crippen molar-refractivity contribution in [3.63, 3.8) is 0 Å². The number of carbonyl (C=O) groups excluding carboxylic acids is 2. The van der Waals surface area contributed by atoms with Crippen molar-refractivity contribution in [1.82, 2.24) is 10.3 Å². The highest BCUT2D eigenvalue weighted by Crippen LogP contribution is 2.15. The molecule has 1 amide bonds. The first-order valence-corrected chi connectivity index (χ1v) is 14.4. The number of hydrogen-bond donors (Lipinski definition) is 1. The van der Waals surface area contributed by atoms with Crippen LogP contribution >= 0.6 is 0 Å². The van der Waals surface area contributed by atoms with E-state index in [9.17, 15) is 18.0 Å². The average molecular weight is 563 g/mol. The predicted octanol–water partition coefficient (Wildman–Crippen LogP) is 2.81. The standard InChI is InChI=1S/C28H38N2O8S/c1-22(2)21-38-16-15-37-14-13-36-12-11-35-10-9-30-28(32)25-18-24(19-29-20-25)27(31)8-17-39(33,34)26-6-4-23(3)5-7-26/h4-7,18-20H,1,8-17,21H2,2-3H3,(H,30,32). The summed E-state index contributed by atoms with van der Waals surface area (Å²) in [5, 5.41) is 2.70. The van der Waals surface area contributed by atoms with Crippen LogP contribution in [0.5, 0.6) is 0 Å². The first-order valence-electron chi connectivity index (χ1n) is 12.7. The van der Waals surface area contributed by atoms with E-state index in [1.54, 1.807) is 12.1 Å². The number of hydrogen-bond acceptors (Lipinski definition) is 9. The maximum absolute atomic E-state index is 12.6. The SMILES string of the molecule is C=C(C)COCCOCCOCCOCCNC(=O)c1cncc(C(=O)CCS(=O)(=O)c2ccc(C)cc2)c1. The quantitative estimate of drug-likeness (QED) is 0.147. The highest BCUT2D eigenvalue weighted by atomic mass is 32.2. The molecule has 0 unspecified atom stereocenters. The second-order valence-electron chi connectivity index (χ2n) is 8.87. The van der Waals surface area contributed by atoms with E-state index in [2.05, 4.69) is 16.9 Å². The third kappa shape index (κ3) is 13.1. The number of aryl methyl sites for hydroxylation is 1. The number of amides is 1. The van der Waals surface area contributed by atoms with E-state index in [1.165, 1.54) is 30.6 Å². The number of nitrogens with one attached hydrogen (secondary N) is 1. The molecule has 39 heavy (non-hydrogen) atoms. The number of pyridine rings is 1. The summed E-state index contributed by atoms with van der Waals surface area (Å²) < 4.78 is 46.6. The Morgan fingerprint density at radius 1 is 0.872 bits per heavy atom. The highest BCUT2D eigenvalue weighted by molar-refractivity contribution is 7.91. The van der Waals surface area contributed by atoms with Gasteiger partial charge in [-0.2, -0.15) is 0 Å². The second-order valence-corrected chi connectivity index (χ2v) is 11.0. The van der Waals surface area contributed by atoms with Crippen molar-refractivity contribution < 1.29 is 37.0 Å². The average Bonchev–Trinajstić information content (AvgIpc) is 2.92. The van der Waals surface area contributed by atoms with Crippen LogP contribution in [-0.2, 0) is 28.8 Å². The van der Waals surface area contributed by atoms with Gasteiger partial charge in [0.15, 0.2) is 15.6 Å². The minimum absolute atomic E-state index is 0.172. The van der Waals surface area contributed by atoms with Crippen molar-refractivity contribution in [3.8, 4) is 0 Å². The molecular formula is C28H38N2O8S. The molecule has 2 aromatic rings. The number of sulfone groups is 1. The fourth-order valence-corrected chi connectivity index (χ4v) is 4.44. The summed E-state index contributed by atoms with van der Waals surface area (Å²) in [5.74, 6) is -1.14. The Morgan fingerprint density at radius 2 is 1.44 bits per heavy atom. The van der Waals surface area contributed by atoms with Crippen LogP contribution in [0.2, 0.25) is 0 Å². The van der Waals surface area contributed by atoms with E-state index < -0.39 is 21.5 Å². The molecule has 0 bridgehead atoms. The van der Waals surface area contributed by atoms with Crippen LogP contribution in [0.25, 0.3) is 0 Å². The van der Waals surface area contributed by atoms with Gasteiger partial charge in [-0.1, -0.05) is 29.8 Å². The Morgan fingerprint density at radius 3 is 2.05 bits per heavy atom. The van der Waals surface area contributed by atoms with Gasteiger partial charge in [0.2, 0.25) is 0 Å². The van der Waals surface area contributed by atoms with E-state index >= 15 is 0 Å². The molecule has 0 atom stereocenters. The van der Waals surface area contributed by atoms with E-state index in [0.29, 0.717) is 46.2 Å². The molecule has 214 valence electrons. The first-order chi connectivity index (χ1) is 18.7. The molecular weight excluding hydrogens is 524 g/mol. The largest absolute Gasteiger partial charge is 0.377 e. The number of carbonyl (C=O) groups is 2. The van der Waals surface area contributed by atoms with Crippen LogP contribution in [-0.4, -0.2) is 90.2 Å². The normalized spacial score (nSPS) is 11.3. The number of rotatable bonds is 20. The van der Waals surface area contributed by atoms with Gasteiger partial charge in [0.1, 0.15) is 0 Å². The first kappa shape index (κ1) is 32.3. The van der Waals surface area contributed by atoms with E-state index in [4.69, 9.17) is 18.9 Å². The van der Waals surface area contributed by atoms with Gasteiger partial charge in [0.25, 0.3) is 5.91 Å². The number of Topliss-reactive ketones (excluding diaryl/α,β-unsaturated/α-hetero) is 1. The molecule has 10 nitrogen and oxygen atoms in total. The van der Waals surface area contributed by atoms with Gasteiger partial charge in [-0.15, -0.1) is 0 Å². The van der Waals surface area contributed by atoms with Crippen LogP contribution in [0.3, 0.4) is 0 Å². The number of ketones is 1. The Labute approximate surface area is 230 Å². The van der Waals surface area contributed by atoms with Crippen molar-refractivity contribution in [2.75, 3.05) is 65.2 Å². The van der Waals surface area contributed by atoms with E-state index in [-0.39, 0.29) is 41.3 Å². The smallest absolute Gasteiger partial charge is 0.252 e. The second kappa shape index (κ2) is 17.6. The molecule has 0 aliphatic carbocycles. The lowest BCUT2D eigenvalue weighted by Gasteiger charge is -2.09. The fraction of sp³-hybridized carbons (Fsp3) is 0.464. The van der Waals surface area contributed by atoms with Crippen molar-refractivity contribution >= 4 is 21.5 Å². The molecule has 0 aliphatic rings. The zero-order chi connectivity index (χ0) is 28.5. The zero-order valence-electron chi connectivity index (χ0n) is 22.6. The Kier molecular flexibility index (Phi) is 14.5. The highest BCUT2D eigenvalue weighted by Gasteiger charge is 2.18. The maximum Gasteiger partial charge on any atom is 0.252 e. The van der Waals surface area contributed by atoms with Crippen LogP contribution in [0.15, 0.2) is 59.8 Å². The van der Waals surface area contributed by atoms with Crippen molar-refractivity contribution in [1.29, 1.82) is 0 Å². The lowest BCUT2D eigenvalue weighted by atomic mass is 10.1. The molecule has 1 aromatic carbocycles. The van der Waals surface area contributed by atoms with Crippen molar-refractivity contribution in [2.24, 2.45) is 0 Å². The Bertz CT molecular complexity index is 1170. The van der Waals surface area contributed by atoms with Gasteiger partial charge in [-0.25, -0.2) is 8.42 Å². The van der Waals surface area contributed by atoms with Gasteiger partial charge in [-0.3, -0.25) is 14.6 Å². The van der Waals surface area contributed by atoms with E-state index in [0.717, 1.165) is 11.1 Å². The summed E-state index contributed by atoms with van der Waals surface area (Å²) in [6.07, 6.45) is 2.46. The van der Waals surface area contributed by atoms with Crippen LogP contribution in [0.1, 0.15) is 39.6 Å². The number of aromatic nitrogens is 1. The minimum atomic E-state index is -3.60. The summed E-state index contributed by atoms with van der Waals surface area (Å²) in [4.78, 5) is 29.1. The van der Waals surface area contributed by atoms with Crippen LogP contribution < -0.4 is 5.32 Å². The molecule has 0 saturated carbocycles. The third-order valence-corrected chi connectivity index (χ3v) is 7.03. The van der Waals surface area contributed by atoms with Gasteiger partial charge in [0.05, 0.1) is 69.1 Å². The third-order valence-electron chi connectivity index (χ3n) is 5.30. The molecule has 2 rings (SSSR count). The summed E-state index contributed by atoms with van der Waals surface area (Å²) in [7, 11) is -3.60.